The molecule has 23 heavy (non-hydrogen) atoms. The number of nitrogens with zero attached hydrogens (tertiary/aromatic N) is 1. The average Bonchev–Trinajstić information content (AvgIpc) is 2.50. The Bertz CT molecular complexity index is 828. The number of amides is 1. The predicted octanol–water partition coefficient (Wildman–Crippen LogP) is 2.08. The molecule has 2 rings (SSSR count). The van der Waals surface area contributed by atoms with Gasteiger partial charge >= 0.3 is 0 Å². The van der Waals surface area contributed by atoms with Gasteiger partial charge in [-0.2, -0.15) is 0 Å². The van der Waals surface area contributed by atoms with Crippen LogP contribution in [0.1, 0.15) is 15.9 Å². The zero-order valence-corrected chi connectivity index (χ0v) is 14.0. The Morgan fingerprint density at radius 3 is 2.22 bits per heavy atom. The van der Waals surface area contributed by atoms with E-state index >= 15 is 0 Å². The molecular formula is C16H19N3O3S. The Balaban J connectivity index is 2.21. The van der Waals surface area contributed by atoms with Gasteiger partial charge in [-0.1, -0.05) is 0 Å². The quantitative estimate of drug-likeness (QED) is 0.838. The minimum atomic E-state index is -3.50. The standard InChI is InChI=1S/C16H19N3O3S/c1-11-10-13(17)6-9-15(11)18-16(20)12-4-7-14(8-5-12)23(21,22)19(2)3/h4-10H,17H2,1-3H3,(H,18,20). The third-order valence-electron chi connectivity index (χ3n) is 3.39. The molecule has 0 aromatic heterocycles. The summed E-state index contributed by atoms with van der Waals surface area (Å²) in [4.78, 5) is 12.4. The summed E-state index contributed by atoms with van der Waals surface area (Å²) >= 11 is 0. The van der Waals surface area contributed by atoms with Gasteiger partial charge in [0.2, 0.25) is 10.0 Å². The van der Waals surface area contributed by atoms with Crippen LogP contribution >= 0.6 is 0 Å². The van der Waals surface area contributed by atoms with E-state index in [1.54, 1.807) is 18.2 Å². The molecule has 2 aromatic rings. The molecule has 122 valence electrons. The maximum Gasteiger partial charge on any atom is 0.255 e. The Hall–Kier alpha value is -2.38. The van der Waals surface area contributed by atoms with Crippen LogP contribution < -0.4 is 11.1 Å². The van der Waals surface area contributed by atoms with Crippen molar-refractivity contribution >= 4 is 27.3 Å². The van der Waals surface area contributed by atoms with Crippen LogP contribution in [0.15, 0.2) is 47.4 Å². The van der Waals surface area contributed by atoms with Crippen molar-refractivity contribution in [1.82, 2.24) is 4.31 Å². The molecule has 0 aliphatic carbocycles. The van der Waals surface area contributed by atoms with Gasteiger partial charge in [0.05, 0.1) is 4.90 Å². The number of rotatable bonds is 4. The van der Waals surface area contributed by atoms with E-state index < -0.39 is 10.0 Å². The average molecular weight is 333 g/mol. The van der Waals surface area contributed by atoms with Crippen LogP contribution in [-0.2, 0) is 10.0 Å². The van der Waals surface area contributed by atoms with Crippen molar-refractivity contribution in [2.45, 2.75) is 11.8 Å². The second-order valence-corrected chi connectivity index (χ2v) is 7.49. The highest BCUT2D eigenvalue weighted by Gasteiger charge is 2.17. The highest BCUT2D eigenvalue weighted by Crippen LogP contribution is 2.19. The molecule has 1 amide bonds. The molecule has 6 nitrogen and oxygen atoms in total. The number of nitrogens with two attached hydrogens (primary N) is 1. The maximum atomic E-state index is 12.2. The SMILES string of the molecule is Cc1cc(N)ccc1NC(=O)c1ccc(S(=O)(=O)N(C)C)cc1. The minimum Gasteiger partial charge on any atom is -0.399 e. The number of hydrogen-bond donors (Lipinski definition) is 2. The zero-order chi connectivity index (χ0) is 17.2. The minimum absolute atomic E-state index is 0.141. The highest BCUT2D eigenvalue weighted by atomic mass is 32.2. The lowest BCUT2D eigenvalue weighted by Crippen LogP contribution is -2.22. The molecule has 0 atom stereocenters. The van der Waals surface area contributed by atoms with Gasteiger partial charge < -0.3 is 11.1 Å². The first-order chi connectivity index (χ1) is 10.7. The van der Waals surface area contributed by atoms with Gasteiger partial charge in [0.15, 0.2) is 0 Å². The lowest BCUT2D eigenvalue weighted by atomic mass is 10.1. The smallest absolute Gasteiger partial charge is 0.255 e. The van der Waals surface area contributed by atoms with Crippen molar-refractivity contribution in [1.29, 1.82) is 0 Å². The summed E-state index contributed by atoms with van der Waals surface area (Å²) in [5, 5.41) is 2.78. The summed E-state index contributed by atoms with van der Waals surface area (Å²) < 4.78 is 25.1. The molecule has 0 fully saturated rings. The summed E-state index contributed by atoms with van der Waals surface area (Å²) in [5.74, 6) is -0.313. The topological polar surface area (TPSA) is 92.5 Å². The molecule has 0 saturated heterocycles. The van der Waals surface area contributed by atoms with E-state index in [1.165, 1.54) is 38.4 Å². The Morgan fingerprint density at radius 1 is 1.09 bits per heavy atom. The molecule has 0 unspecified atom stereocenters. The van der Waals surface area contributed by atoms with Crippen molar-refractivity contribution in [3.05, 3.63) is 53.6 Å². The summed E-state index contributed by atoms with van der Waals surface area (Å²) in [7, 11) is -0.586. The van der Waals surface area contributed by atoms with Crippen LogP contribution in [0, 0.1) is 6.92 Å². The van der Waals surface area contributed by atoms with Crippen LogP contribution in [0.3, 0.4) is 0 Å². The molecular weight excluding hydrogens is 314 g/mol. The second-order valence-electron chi connectivity index (χ2n) is 5.34. The van der Waals surface area contributed by atoms with E-state index in [9.17, 15) is 13.2 Å². The maximum absolute atomic E-state index is 12.2. The number of carbonyl (C=O) groups is 1. The third kappa shape index (κ3) is 3.69. The van der Waals surface area contributed by atoms with Crippen LogP contribution in [0.2, 0.25) is 0 Å². The van der Waals surface area contributed by atoms with Gasteiger partial charge in [-0.15, -0.1) is 0 Å². The van der Waals surface area contributed by atoms with Gasteiger partial charge in [0, 0.05) is 31.0 Å². The number of sulfonamides is 1. The first kappa shape index (κ1) is 17.0. The van der Waals surface area contributed by atoms with Crippen LogP contribution in [0.25, 0.3) is 0 Å². The highest BCUT2D eigenvalue weighted by molar-refractivity contribution is 7.89. The zero-order valence-electron chi connectivity index (χ0n) is 13.2. The molecule has 0 aliphatic rings. The molecule has 0 heterocycles. The number of carbonyl (C=O) groups excluding carboxylic acids is 1. The van der Waals surface area contributed by atoms with Crippen LogP contribution in [0.4, 0.5) is 11.4 Å². The van der Waals surface area contributed by atoms with E-state index in [1.807, 2.05) is 6.92 Å². The van der Waals surface area contributed by atoms with Gasteiger partial charge in [-0.25, -0.2) is 12.7 Å². The van der Waals surface area contributed by atoms with Crippen molar-refractivity contribution < 1.29 is 13.2 Å². The van der Waals surface area contributed by atoms with E-state index in [2.05, 4.69) is 5.32 Å². The first-order valence-electron chi connectivity index (χ1n) is 6.92. The fourth-order valence-electron chi connectivity index (χ4n) is 2.01. The molecule has 2 aromatic carbocycles. The van der Waals surface area contributed by atoms with Crippen molar-refractivity contribution in [3.63, 3.8) is 0 Å². The Kier molecular flexibility index (Phi) is 4.72. The summed E-state index contributed by atoms with van der Waals surface area (Å²) in [5.41, 5.74) is 8.19. The van der Waals surface area contributed by atoms with Crippen molar-refractivity contribution in [2.75, 3.05) is 25.1 Å². The second kappa shape index (κ2) is 6.39. The summed E-state index contributed by atoms with van der Waals surface area (Å²) in [6, 6.07) is 11.0. The number of aryl methyl sites for hydroxylation is 1. The first-order valence-corrected chi connectivity index (χ1v) is 8.36. The monoisotopic (exact) mass is 333 g/mol. The number of anilines is 2. The molecule has 0 aliphatic heterocycles. The van der Waals surface area contributed by atoms with Crippen LogP contribution in [0.5, 0.6) is 0 Å². The molecule has 0 radical (unpaired) electrons. The van der Waals surface area contributed by atoms with E-state index in [0.717, 1.165) is 9.87 Å². The number of hydrogen-bond acceptors (Lipinski definition) is 4. The molecule has 0 spiro atoms. The van der Waals surface area contributed by atoms with Gasteiger partial charge in [0.25, 0.3) is 5.91 Å². The Labute approximate surface area is 136 Å². The molecule has 7 heteroatoms. The number of benzene rings is 2. The van der Waals surface area contributed by atoms with Gasteiger partial charge in [-0.05, 0) is 55.0 Å². The number of nitrogen functional groups attached to an aromatic ring is 1. The largest absolute Gasteiger partial charge is 0.399 e. The molecule has 3 N–H and O–H groups in total. The molecule has 0 saturated carbocycles. The van der Waals surface area contributed by atoms with Gasteiger partial charge in [-0.3, -0.25) is 4.79 Å². The van der Waals surface area contributed by atoms with Crippen LogP contribution in [-0.4, -0.2) is 32.7 Å². The third-order valence-corrected chi connectivity index (χ3v) is 5.22. The Morgan fingerprint density at radius 2 is 1.70 bits per heavy atom. The fraction of sp³-hybridized carbons (Fsp3) is 0.188. The lowest BCUT2D eigenvalue weighted by Gasteiger charge is -2.12. The number of nitrogens with one attached hydrogen (secondary N) is 1. The molecule has 0 bridgehead atoms. The van der Waals surface area contributed by atoms with E-state index in [0.29, 0.717) is 16.9 Å². The van der Waals surface area contributed by atoms with E-state index in [4.69, 9.17) is 5.73 Å². The van der Waals surface area contributed by atoms with Gasteiger partial charge in [0.1, 0.15) is 0 Å². The summed E-state index contributed by atoms with van der Waals surface area (Å²) in [6.45, 7) is 1.85. The van der Waals surface area contributed by atoms with Crippen molar-refractivity contribution in [2.24, 2.45) is 0 Å². The summed E-state index contributed by atoms with van der Waals surface area (Å²) in [6.07, 6.45) is 0. The fourth-order valence-corrected chi connectivity index (χ4v) is 2.91. The predicted molar refractivity (Wildman–Crippen MR) is 90.9 cm³/mol. The van der Waals surface area contributed by atoms with Crippen molar-refractivity contribution in [3.8, 4) is 0 Å². The normalized spacial score (nSPS) is 11.5. The van der Waals surface area contributed by atoms with E-state index in [-0.39, 0.29) is 10.8 Å². The lowest BCUT2D eigenvalue weighted by molar-refractivity contribution is 0.102.